The van der Waals surface area contributed by atoms with Crippen molar-refractivity contribution in [3.8, 4) is 0 Å². The molecular formula is C13H19N3O3. The van der Waals surface area contributed by atoms with Crippen LogP contribution in [0.5, 0.6) is 0 Å². The molecule has 0 unspecified atom stereocenters. The fourth-order valence-corrected chi connectivity index (χ4v) is 2.50. The average Bonchev–Trinajstić information content (AvgIpc) is 2.70. The first-order valence-corrected chi connectivity index (χ1v) is 6.50. The number of piperidine rings is 1. The molecule has 0 aromatic carbocycles. The Morgan fingerprint density at radius 1 is 1.47 bits per heavy atom. The number of nitrogens with one attached hydrogen (secondary N) is 1. The van der Waals surface area contributed by atoms with Crippen LogP contribution in [0.1, 0.15) is 29.8 Å². The summed E-state index contributed by atoms with van der Waals surface area (Å²) >= 11 is 0. The van der Waals surface area contributed by atoms with Gasteiger partial charge in [0.1, 0.15) is 0 Å². The molecule has 19 heavy (non-hydrogen) atoms. The Balaban J connectivity index is 2.02. The van der Waals surface area contributed by atoms with E-state index in [4.69, 9.17) is 5.11 Å². The van der Waals surface area contributed by atoms with Crippen LogP contribution >= 0.6 is 0 Å². The van der Waals surface area contributed by atoms with Gasteiger partial charge >= 0.3 is 5.97 Å². The molecule has 0 aliphatic carbocycles. The number of carbonyl (C=O) groups excluding carboxylic acids is 1. The minimum absolute atomic E-state index is 0.0152. The van der Waals surface area contributed by atoms with E-state index < -0.39 is 11.9 Å². The van der Waals surface area contributed by atoms with Gasteiger partial charge in [-0.2, -0.15) is 5.10 Å². The number of carboxylic acids is 1. The summed E-state index contributed by atoms with van der Waals surface area (Å²) in [5.41, 5.74) is 2.65. The Labute approximate surface area is 111 Å². The van der Waals surface area contributed by atoms with Gasteiger partial charge < -0.3 is 10.0 Å². The highest BCUT2D eigenvalue weighted by atomic mass is 16.4. The molecule has 1 amide bonds. The number of nitrogens with zero attached hydrogens (tertiary/aromatic N) is 2. The topological polar surface area (TPSA) is 86.3 Å². The molecule has 1 aliphatic rings. The van der Waals surface area contributed by atoms with Gasteiger partial charge in [0.25, 0.3) is 0 Å². The van der Waals surface area contributed by atoms with Crippen molar-refractivity contribution in [3.05, 3.63) is 17.0 Å². The van der Waals surface area contributed by atoms with Gasteiger partial charge in [0.15, 0.2) is 0 Å². The van der Waals surface area contributed by atoms with Gasteiger partial charge in [0.05, 0.1) is 18.0 Å². The first-order chi connectivity index (χ1) is 8.99. The molecule has 0 radical (unpaired) electrons. The molecule has 6 heteroatoms. The third-order valence-electron chi connectivity index (χ3n) is 3.73. The van der Waals surface area contributed by atoms with Crippen LogP contribution in [0.2, 0.25) is 0 Å². The lowest BCUT2D eigenvalue weighted by Gasteiger charge is -2.30. The molecule has 1 aromatic rings. The number of carboxylic acid groups (broad SMARTS) is 1. The van der Waals surface area contributed by atoms with E-state index in [0.717, 1.165) is 23.4 Å². The van der Waals surface area contributed by atoms with E-state index in [0.29, 0.717) is 25.9 Å². The Hall–Kier alpha value is -1.85. The van der Waals surface area contributed by atoms with E-state index in [1.54, 1.807) is 4.90 Å². The van der Waals surface area contributed by atoms with Gasteiger partial charge in [0.2, 0.25) is 5.91 Å². The predicted octanol–water partition coefficient (Wildman–Crippen LogP) is 0.892. The van der Waals surface area contributed by atoms with Crippen LogP contribution in [0.4, 0.5) is 0 Å². The normalized spacial score (nSPS) is 19.5. The Morgan fingerprint density at radius 2 is 2.21 bits per heavy atom. The van der Waals surface area contributed by atoms with E-state index in [1.165, 1.54) is 0 Å². The first-order valence-electron chi connectivity index (χ1n) is 6.50. The van der Waals surface area contributed by atoms with Gasteiger partial charge in [-0.25, -0.2) is 0 Å². The van der Waals surface area contributed by atoms with E-state index in [-0.39, 0.29) is 5.91 Å². The maximum atomic E-state index is 12.2. The molecule has 104 valence electrons. The number of likely N-dealkylation sites (tertiary alicyclic amines) is 1. The highest BCUT2D eigenvalue weighted by molar-refractivity contribution is 5.80. The summed E-state index contributed by atoms with van der Waals surface area (Å²) < 4.78 is 0. The van der Waals surface area contributed by atoms with Gasteiger partial charge in [-0.3, -0.25) is 14.7 Å². The molecule has 2 N–H and O–H groups in total. The molecule has 1 fully saturated rings. The van der Waals surface area contributed by atoms with Gasteiger partial charge in [-0.15, -0.1) is 0 Å². The number of aliphatic carboxylic acids is 1. The Morgan fingerprint density at radius 3 is 2.79 bits per heavy atom. The zero-order valence-corrected chi connectivity index (χ0v) is 11.3. The summed E-state index contributed by atoms with van der Waals surface area (Å²) in [6, 6.07) is 0. The van der Waals surface area contributed by atoms with Crippen molar-refractivity contribution in [3.63, 3.8) is 0 Å². The van der Waals surface area contributed by atoms with Gasteiger partial charge in [-0.05, 0) is 26.7 Å². The highest BCUT2D eigenvalue weighted by Gasteiger charge is 2.28. The second-order valence-electron chi connectivity index (χ2n) is 5.11. The molecule has 0 saturated carbocycles. The van der Waals surface area contributed by atoms with Crippen molar-refractivity contribution in [1.82, 2.24) is 15.1 Å². The van der Waals surface area contributed by atoms with Crippen molar-refractivity contribution in [2.75, 3.05) is 13.1 Å². The number of carbonyl (C=O) groups is 2. The van der Waals surface area contributed by atoms with Crippen molar-refractivity contribution in [1.29, 1.82) is 0 Å². The summed E-state index contributed by atoms with van der Waals surface area (Å²) in [7, 11) is 0. The third-order valence-corrected chi connectivity index (χ3v) is 3.73. The molecule has 6 nitrogen and oxygen atoms in total. The summed E-state index contributed by atoms with van der Waals surface area (Å²) in [4.78, 5) is 24.9. The summed E-state index contributed by atoms with van der Waals surface area (Å²) in [6.45, 7) is 4.73. The lowest BCUT2D eigenvalue weighted by Crippen LogP contribution is -2.43. The van der Waals surface area contributed by atoms with E-state index >= 15 is 0 Å². The minimum atomic E-state index is -0.812. The number of hydrogen-bond acceptors (Lipinski definition) is 3. The number of aromatic nitrogens is 2. The van der Waals surface area contributed by atoms with Crippen LogP contribution in [0.15, 0.2) is 0 Å². The maximum absolute atomic E-state index is 12.2. The summed E-state index contributed by atoms with van der Waals surface area (Å²) in [5, 5.41) is 16.0. The van der Waals surface area contributed by atoms with E-state index in [2.05, 4.69) is 10.2 Å². The fourth-order valence-electron chi connectivity index (χ4n) is 2.50. The van der Waals surface area contributed by atoms with Crippen molar-refractivity contribution in [2.45, 2.75) is 33.1 Å². The fraction of sp³-hybridized carbons (Fsp3) is 0.615. The number of rotatable bonds is 3. The maximum Gasteiger partial charge on any atom is 0.308 e. The highest BCUT2D eigenvalue weighted by Crippen LogP contribution is 2.19. The zero-order chi connectivity index (χ0) is 14.0. The van der Waals surface area contributed by atoms with Crippen LogP contribution in [-0.2, 0) is 16.0 Å². The average molecular weight is 265 g/mol. The number of aromatic amines is 1. The Bertz CT molecular complexity index is 476. The van der Waals surface area contributed by atoms with Crippen LogP contribution in [0, 0.1) is 19.8 Å². The van der Waals surface area contributed by atoms with Crippen LogP contribution in [-0.4, -0.2) is 45.2 Å². The summed E-state index contributed by atoms with van der Waals surface area (Å²) in [5.74, 6) is -1.25. The van der Waals surface area contributed by atoms with Crippen LogP contribution in [0.25, 0.3) is 0 Å². The quantitative estimate of drug-likeness (QED) is 0.850. The number of amides is 1. The smallest absolute Gasteiger partial charge is 0.308 e. The number of hydrogen-bond donors (Lipinski definition) is 2. The largest absolute Gasteiger partial charge is 0.481 e. The van der Waals surface area contributed by atoms with Crippen molar-refractivity contribution in [2.24, 2.45) is 5.92 Å². The lowest BCUT2D eigenvalue weighted by atomic mass is 9.97. The monoisotopic (exact) mass is 265 g/mol. The molecule has 1 atom stereocenters. The molecule has 2 heterocycles. The number of aryl methyl sites for hydroxylation is 2. The molecule has 1 aromatic heterocycles. The third kappa shape index (κ3) is 2.94. The lowest BCUT2D eigenvalue weighted by molar-refractivity contribution is -0.145. The SMILES string of the molecule is Cc1n[nH]c(C)c1CC(=O)N1CCC[C@@H](C(=O)O)C1. The molecule has 0 spiro atoms. The van der Waals surface area contributed by atoms with E-state index in [9.17, 15) is 9.59 Å². The van der Waals surface area contributed by atoms with Crippen molar-refractivity contribution >= 4 is 11.9 Å². The second-order valence-corrected chi connectivity index (χ2v) is 5.11. The van der Waals surface area contributed by atoms with Crippen molar-refractivity contribution < 1.29 is 14.7 Å². The molecule has 1 saturated heterocycles. The molecule has 1 aliphatic heterocycles. The van der Waals surface area contributed by atoms with E-state index in [1.807, 2.05) is 13.8 Å². The minimum Gasteiger partial charge on any atom is -0.481 e. The first kappa shape index (κ1) is 13.6. The van der Waals surface area contributed by atoms with Crippen LogP contribution in [0.3, 0.4) is 0 Å². The second kappa shape index (κ2) is 5.42. The standard InChI is InChI=1S/C13H19N3O3/c1-8-11(9(2)15-14-8)6-12(17)16-5-3-4-10(7-16)13(18)19/h10H,3-7H2,1-2H3,(H,14,15)(H,18,19)/t10-/m1/s1. The number of H-pyrrole nitrogens is 1. The molecule has 0 bridgehead atoms. The van der Waals surface area contributed by atoms with Gasteiger partial charge in [-0.1, -0.05) is 0 Å². The molecular weight excluding hydrogens is 246 g/mol. The summed E-state index contributed by atoms with van der Waals surface area (Å²) in [6.07, 6.45) is 1.70. The molecule has 2 rings (SSSR count). The van der Waals surface area contributed by atoms with Gasteiger partial charge in [0, 0.05) is 24.3 Å². The Kier molecular flexibility index (Phi) is 3.87. The predicted molar refractivity (Wildman–Crippen MR) is 68.7 cm³/mol. The van der Waals surface area contributed by atoms with Crippen LogP contribution < -0.4 is 0 Å². The zero-order valence-electron chi connectivity index (χ0n) is 11.3.